The highest BCUT2D eigenvalue weighted by Gasteiger charge is 2.16. The quantitative estimate of drug-likeness (QED) is 0.827. The van der Waals surface area contributed by atoms with E-state index in [1.807, 2.05) is 24.9 Å². The molecule has 0 atom stereocenters. The number of hydrogen-bond acceptors (Lipinski definition) is 7. The van der Waals surface area contributed by atoms with Crippen molar-refractivity contribution in [2.45, 2.75) is 34.1 Å². The lowest BCUT2D eigenvalue weighted by Gasteiger charge is -2.04. The fourth-order valence-electron chi connectivity index (χ4n) is 1.67. The summed E-state index contributed by atoms with van der Waals surface area (Å²) >= 11 is 4.89. The van der Waals surface area contributed by atoms with Crippen LogP contribution in [-0.4, -0.2) is 32.8 Å². The van der Waals surface area contributed by atoms with Gasteiger partial charge in [0.2, 0.25) is 0 Å². The molecular formula is C11H17N5S3. The zero-order valence-electron chi connectivity index (χ0n) is 11.4. The number of nitrogens with one attached hydrogen (secondary N) is 1. The summed E-state index contributed by atoms with van der Waals surface area (Å²) in [5.74, 6) is 0. The summed E-state index contributed by atoms with van der Waals surface area (Å²) in [5, 5.41) is 17.3. The minimum absolute atomic E-state index is 0.840. The maximum atomic E-state index is 4.49. The fourth-order valence-corrected chi connectivity index (χ4v) is 4.23. The highest BCUT2D eigenvalue weighted by Crippen LogP contribution is 2.35. The molecule has 0 aliphatic carbocycles. The van der Waals surface area contributed by atoms with Crippen LogP contribution in [0.2, 0.25) is 0 Å². The Morgan fingerprint density at radius 2 is 2.05 bits per heavy atom. The zero-order chi connectivity index (χ0) is 13.8. The molecule has 0 aromatic carbocycles. The predicted octanol–water partition coefficient (Wildman–Crippen LogP) is 2.56. The van der Waals surface area contributed by atoms with Crippen LogP contribution in [0.25, 0.3) is 0 Å². The Morgan fingerprint density at radius 3 is 2.68 bits per heavy atom. The summed E-state index contributed by atoms with van der Waals surface area (Å²) in [4.78, 5) is 0. The van der Waals surface area contributed by atoms with Crippen LogP contribution in [0.15, 0.2) is 13.7 Å². The van der Waals surface area contributed by atoms with E-state index in [0.717, 1.165) is 32.5 Å². The van der Waals surface area contributed by atoms with Crippen molar-refractivity contribution in [3.63, 3.8) is 0 Å². The molecule has 0 bridgehead atoms. The summed E-state index contributed by atoms with van der Waals surface area (Å²) in [6, 6.07) is 0. The van der Waals surface area contributed by atoms with Gasteiger partial charge in [0.05, 0.1) is 5.69 Å². The molecule has 0 aliphatic rings. The Balaban J connectivity index is 2.22. The van der Waals surface area contributed by atoms with E-state index in [1.54, 1.807) is 34.9 Å². The van der Waals surface area contributed by atoms with Gasteiger partial charge in [0.1, 0.15) is 5.03 Å². The third kappa shape index (κ3) is 3.50. The molecule has 1 N–H and O–H groups in total. The van der Waals surface area contributed by atoms with Gasteiger partial charge in [0, 0.05) is 19.2 Å². The first-order valence-electron chi connectivity index (χ1n) is 5.94. The average molecular weight is 315 g/mol. The van der Waals surface area contributed by atoms with Gasteiger partial charge in [0.15, 0.2) is 8.68 Å². The average Bonchev–Trinajstić information content (AvgIpc) is 2.94. The molecule has 0 fully saturated rings. The van der Waals surface area contributed by atoms with Crippen LogP contribution in [-0.2, 0) is 13.6 Å². The number of hydrogen-bond donors (Lipinski definition) is 1. The first-order chi connectivity index (χ1) is 9.15. The van der Waals surface area contributed by atoms with Gasteiger partial charge in [-0.3, -0.25) is 4.68 Å². The molecule has 0 unspecified atom stereocenters. The first-order valence-corrected chi connectivity index (χ1v) is 8.80. The van der Waals surface area contributed by atoms with Gasteiger partial charge in [-0.2, -0.15) is 5.10 Å². The van der Waals surface area contributed by atoms with Crippen LogP contribution in [0, 0.1) is 6.92 Å². The minimum atomic E-state index is 0.840. The van der Waals surface area contributed by atoms with Crippen LogP contribution in [0.1, 0.15) is 18.2 Å². The topological polar surface area (TPSA) is 55.6 Å². The second-order valence-electron chi connectivity index (χ2n) is 3.91. The number of rotatable bonds is 6. The molecule has 2 heterocycles. The molecule has 19 heavy (non-hydrogen) atoms. The molecule has 0 saturated heterocycles. The summed E-state index contributed by atoms with van der Waals surface area (Å²) in [6.45, 7) is 5.94. The lowest BCUT2D eigenvalue weighted by atomic mass is 10.2. The summed E-state index contributed by atoms with van der Waals surface area (Å²) in [5.41, 5.74) is 2.32. The third-order valence-corrected chi connectivity index (χ3v) is 5.74. The number of nitrogens with zero attached hydrogens (tertiary/aromatic N) is 4. The Hall–Kier alpha value is -0.570. The number of aryl methyl sites for hydroxylation is 2. The number of thioether (sulfide) groups is 1. The van der Waals surface area contributed by atoms with Gasteiger partial charge < -0.3 is 5.32 Å². The van der Waals surface area contributed by atoms with E-state index in [0.29, 0.717) is 0 Å². The molecule has 0 radical (unpaired) electrons. The predicted molar refractivity (Wildman–Crippen MR) is 81.1 cm³/mol. The highest BCUT2D eigenvalue weighted by molar-refractivity contribution is 8.03. The molecule has 2 aromatic rings. The van der Waals surface area contributed by atoms with Crippen LogP contribution >= 0.6 is 34.9 Å². The minimum Gasteiger partial charge on any atom is -0.313 e. The van der Waals surface area contributed by atoms with Gasteiger partial charge in [-0.05, 0) is 31.5 Å². The Labute approximate surface area is 125 Å². The standard InChI is InChI=1S/C11H17N5S3/c1-5-12-6-8-7(2)15-16(3)9(8)18-11-14-13-10(17-4)19-11/h12H,5-6H2,1-4H3. The van der Waals surface area contributed by atoms with E-state index in [9.17, 15) is 0 Å². The number of aromatic nitrogens is 4. The van der Waals surface area contributed by atoms with E-state index >= 15 is 0 Å². The lowest BCUT2D eigenvalue weighted by Crippen LogP contribution is -2.12. The molecule has 8 heteroatoms. The molecule has 2 aromatic heterocycles. The second-order valence-corrected chi connectivity index (χ2v) is 7.18. The first kappa shape index (κ1) is 14.8. The summed E-state index contributed by atoms with van der Waals surface area (Å²) in [6.07, 6.45) is 2.01. The van der Waals surface area contributed by atoms with E-state index in [2.05, 4.69) is 27.5 Å². The van der Waals surface area contributed by atoms with Gasteiger partial charge in [-0.25, -0.2) is 0 Å². The second kappa shape index (κ2) is 6.74. The van der Waals surface area contributed by atoms with E-state index in [-0.39, 0.29) is 0 Å². The van der Waals surface area contributed by atoms with Crippen molar-refractivity contribution in [3.8, 4) is 0 Å². The summed E-state index contributed by atoms with van der Waals surface area (Å²) < 4.78 is 3.88. The van der Waals surface area contributed by atoms with Gasteiger partial charge in [0.25, 0.3) is 0 Å². The molecule has 0 spiro atoms. The monoisotopic (exact) mass is 315 g/mol. The van der Waals surface area contributed by atoms with Crippen molar-refractivity contribution in [1.82, 2.24) is 25.3 Å². The summed E-state index contributed by atoms with van der Waals surface area (Å²) in [7, 11) is 1.97. The maximum Gasteiger partial charge on any atom is 0.181 e. The molecule has 0 aliphatic heterocycles. The van der Waals surface area contributed by atoms with Crippen molar-refractivity contribution in [2.75, 3.05) is 12.8 Å². The highest BCUT2D eigenvalue weighted by atomic mass is 32.2. The largest absolute Gasteiger partial charge is 0.313 e. The van der Waals surface area contributed by atoms with Crippen molar-refractivity contribution in [3.05, 3.63) is 11.3 Å². The van der Waals surface area contributed by atoms with Gasteiger partial charge >= 0.3 is 0 Å². The van der Waals surface area contributed by atoms with Crippen molar-refractivity contribution in [1.29, 1.82) is 0 Å². The van der Waals surface area contributed by atoms with Crippen LogP contribution < -0.4 is 5.32 Å². The molecule has 2 rings (SSSR count). The molecule has 5 nitrogen and oxygen atoms in total. The van der Waals surface area contributed by atoms with Gasteiger partial charge in [-0.1, -0.05) is 30.0 Å². The molecular weight excluding hydrogens is 298 g/mol. The Morgan fingerprint density at radius 1 is 1.32 bits per heavy atom. The lowest BCUT2D eigenvalue weighted by molar-refractivity contribution is 0.673. The van der Waals surface area contributed by atoms with Crippen molar-refractivity contribution >= 4 is 34.9 Å². The van der Waals surface area contributed by atoms with E-state index in [1.165, 1.54) is 5.56 Å². The molecule has 104 valence electrons. The van der Waals surface area contributed by atoms with Crippen molar-refractivity contribution < 1.29 is 0 Å². The Kier molecular flexibility index (Phi) is 5.26. The van der Waals surface area contributed by atoms with E-state index < -0.39 is 0 Å². The van der Waals surface area contributed by atoms with Gasteiger partial charge in [-0.15, -0.1) is 10.2 Å². The smallest absolute Gasteiger partial charge is 0.181 e. The maximum absolute atomic E-state index is 4.49. The van der Waals surface area contributed by atoms with Crippen LogP contribution in [0.5, 0.6) is 0 Å². The zero-order valence-corrected chi connectivity index (χ0v) is 13.9. The fraction of sp³-hybridized carbons (Fsp3) is 0.545. The molecule has 0 amide bonds. The van der Waals surface area contributed by atoms with Crippen LogP contribution in [0.4, 0.5) is 0 Å². The normalized spacial score (nSPS) is 11.2. The SMILES string of the molecule is CCNCc1c(C)nn(C)c1Sc1nnc(SC)s1. The van der Waals surface area contributed by atoms with Crippen LogP contribution in [0.3, 0.4) is 0 Å². The third-order valence-electron chi connectivity index (χ3n) is 2.59. The van der Waals surface area contributed by atoms with E-state index in [4.69, 9.17) is 0 Å². The Bertz CT molecular complexity index is 549. The van der Waals surface area contributed by atoms with Crippen molar-refractivity contribution in [2.24, 2.45) is 7.05 Å². The molecule has 0 saturated carbocycles.